The molecule has 0 saturated carbocycles. The van der Waals surface area contributed by atoms with Crippen LogP contribution in [0.5, 0.6) is 5.75 Å². The van der Waals surface area contributed by atoms with Gasteiger partial charge < -0.3 is 9.84 Å². The first-order valence-electron chi connectivity index (χ1n) is 6.89. The Hall–Kier alpha value is -1.06. The molecule has 0 spiro atoms. The molecule has 0 bridgehead atoms. The maximum absolute atomic E-state index is 9.29. The van der Waals surface area contributed by atoms with Crippen molar-refractivity contribution in [2.24, 2.45) is 0 Å². The SMILES string of the molecule is Cc1ccc(C)c(OCCCN(C)C(C)(C)CO)c1. The van der Waals surface area contributed by atoms with E-state index in [4.69, 9.17) is 4.74 Å². The number of ether oxygens (including phenoxy) is 1. The number of likely N-dealkylation sites (N-methyl/N-ethyl adjacent to an activating group) is 1. The highest BCUT2D eigenvalue weighted by atomic mass is 16.5. The summed E-state index contributed by atoms with van der Waals surface area (Å²) in [5.41, 5.74) is 2.23. The topological polar surface area (TPSA) is 32.7 Å². The smallest absolute Gasteiger partial charge is 0.122 e. The largest absolute Gasteiger partial charge is 0.493 e. The Morgan fingerprint density at radius 1 is 1.26 bits per heavy atom. The predicted octanol–water partition coefficient (Wildman–Crippen LogP) is 2.78. The second-order valence-corrected chi connectivity index (χ2v) is 5.86. The minimum absolute atomic E-state index is 0.167. The molecule has 1 aromatic rings. The summed E-state index contributed by atoms with van der Waals surface area (Å²) in [6, 6.07) is 6.27. The van der Waals surface area contributed by atoms with Gasteiger partial charge in [0, 0.05) is 12.1 Å². The summed E-state index contributed by atoms with van der Waals surface area (Å²) in [6.07, 6.45) is 0.952. The van der Waals surface area contributed by atoms with Crippen molar-refractivity contribution in [1.82, 2.24) is 4.90 Å². The lowest BCUT2D eigenvalue weighted by molar-refractivity contribution is 0.0747. The summed E-state index contributed by atoms with van der Waals surface area (Å²) in [7, 11) is 2.04. The Bertz CT molecular complexity index is 402. The molecule has 0 atom stereocenters. The second-order valence-electron chi connectivity index (χ2n) is 5.86. The molecule has 1 rings (SSSR count). The van der Waals surface area contributed by atoms with Crippen molar-refractivity contribution in [3.63, 3.8) is 0 Å². The van der Waals surface area contributed by atoms with Crippen molar-refractivity contribution < 1.29 is 9.84 Å². The van der Waals surface area contributed by atoms with E-state index in [0.717, 1.165) is 18.7 Å². The highest BCUT2D eigenvalue weighted by Gasteiger charge is 2.21. The van der Waals surface area contributed by atoms with Crippen LogP contribution in [0.25, 0.3) is 0 Å². The first-order valence-corrected chi connectivity index (χ1v) is 6.89. The number of hydrogen-bond acceptors (Lipinski definition) is 3. The van der Waals surface area contributed by atoms with E-state index in [1.54, 1.807) is 0 Å². The van der Waals surface area contributed by atoms with Gasteiger partial charge in [0.05, 0.1) is 13.2 Å². The molecule has 0 fully saturated rings. The van der Waals surface area contributed by atoms with Crippen LogP contribution in [-0.2, 0) is 0 Å². The summed E-state index contributed by atoms with van der Waals surface area (Å²) in [4.78, 5) is 2.17. The number of aliphatic hydroxyl groups is 1. The summed E-state index contributed by atoms with van der Waals surface area (Å²) in [5, 5.41) is 9.29. The van der Waals surface area contributed by atoms with Crippen LogP contribution in [0, 0.1) is 13.8 Å². The van der Waals surface area contributed by atoms with E-state index in [1.165, 1.54) is 11.1 Å². The maximum Gasteiger partial charge on any atom is 0.122 e. The number of benzene rings is 1. The molecule has 3 nitrogen and oxygen atoms in total. The molecule has 3 heteroatoms. The first kappa shape index (κ1) is 16.0. The number of rotatable bonds is 7. The average molecular weight is 265 g/mol. The van der Waals surface area contributed by atoms with E-state index in [1.807, 2.05) is 20.9 Å². The van der Waals surface area contributed by atoms with Crippen LogP contribution in [-0.4, -0.2) is 42.4 Å². The van der Waals surface area contributed by atoms with E-state index >= 15 is 0 Å². The highest BCUT2D eigenvalue weighted by molar-refractivity contribution is 5.35. The fourth-order valence-electron chi connectivity index (χ4n) is 1.77. The van der Waals surface area contributed by atoms with Gasteiger partial charge in [-0.25, -0.2) is 0 Å². The number of nitrogens with zero attached hydrogens (tertiary/aromatic N) is 1. The number of aryl methyl sites for hydroxylation is 2. The summed E-state index contributed by atoms with van der Waals surface area (Å²) in [5.74, 6) is 0.976. The van der Waals surface area contributed by atoms with E-state index < -0.39 is 0 Å². The molecule has 0 saturated heterocycles. The van der Waals surface area contributed by atoms with E-state index in [9.17, 15) is 5.11 Å². The third-order valence-electron chi connectivity index (χ3n) is 3.66. The zero-order valence-electron chi connectivity index (χ0n) is 12.9. The summed E-state index contributed by atoms with van der Waals surface area (Å²) in [6.45, 7) is 10.0. The van der Waals surface area contributed by atoms with Gasteiger partial charge in [0.1, 0.15) is 5.75 Å². The van der Waals surface area contributed by atoms with Gasteiger partial charge in [-0.05, 0) is 58.4 Å². The van der Waals surface area contributed by atoms with Gasteiger partial charge in [0.25, 0.3) is 0 Å². The molecule has 0 aliphatic carbocycles. The first-order chi connectivity index (χ1) is 8.86. The quantitative estimate of drug-likeness (QED) is 0.770. The lowest BCUT2D eigenvalue weighted by atomic mass is 10.1. The van der Waals surface area contributed by atoms with Crippen molar-refractivity contribution in [1.29, 1.82) is 0 Å². The van der Waals surface area contributed by atoms with Crippen LogP contribution in [0.3, 0.4) is 0 Å². The van der Waals surface area contributed by atoms with E-state index in [-0.39, 0.29) is 12.1 Å². The fraction of sp³-hybridized carbons (Fsp3) is 0.625. The van der Waals surface area contributed by atoms with Crippen LogP contribution in [0.4, 0.5) is 0 Å². The average Bonchev–Trinajstić information content (AvgIpc) is 2.38. The third-order valence-corrected chi connectivity index (χ3v) is 3.66. The second kappa shape index (κ2) is 6.92. The molecule has 0 unspecified atom stereocenters. The predicted molar refractivity (Wildman–Crippen MR) is 79.8 cm³/mol. The van der Waals surface area contributed by atoms with Crippen molar-refractivity contribution >= 4 is 0 Å². The molecular formula is C16H27NO2. The number of aliphatic hydroxyl groups excluding tert-OH is 1. The minimum Gasteiger partial charge on any atom is -0.493 e. The molecule has 0 aromatic heterocycles. The Labute approximate surface area is 117 Å². The zero-order chi connectivity index (χ0) is 14.5. The molecule has 19 heavy (non-hydrogen) atoms. The minimum atomic E-state index is -0.167. The van der Waals surface area contributed by atoms with Gasteiger partial charge >= 0.3 is 0 Å². The van der Waals surface area contributed by atoms with Crippen LogP contribution >= 0.6 is 0 Å². The van der Waals surface area contributed by atoms with Crippen molar-refractivity contribution in [2.75, 3.05) is 26.8 Å². The van der Waals surface area contributed by atoms with Gasteiger partial charge in [0.2, 0.25) is 0 Å². The molecule has 0 aliphatic heterocycles. The van der Waals surface area contributed by atoms with Crippen LogP contribution in [0.1, 0.15) is 31.4 Å². The Balaban J connectivity index is 2.37. The standard InChI is InChI=1S/C16H27NO2/c1-13-7-8-14(2)15(11-13)19-10-6-9-17(5)16(3,4)12-18/h7-8,11,18H,6,9-10,12H2,1-5H3. The van der Waals surface area contributed by atoms with E-state index in [0.29, 0.717) is 6.61 Å². The van der Waals surface area contributed by atoms with Crippen molar-refractivity contribution in [3.05, 3.63) is 29.3 Å². The van der Waals surface area contributed by atoms with Gasteiger partial charge in [-0.3, -0.25) is 4.90 Å². The Morgan fingerprint density at radius 3 is 2.58 bits per heavy atom. The highest BCUT2D eigenvalue weighted by Crippen LogP contribution is 2.19. The molecule has 1 aromatic carbocycles. The molecule has 0 aliphatic rings. The normalized spacial score (nSPS) is 11.9. The lowest BCUT2D eigenvalue weighted by Gasteiger charge is -2.33. The molecule has 0 amide bonds. The van der Waals surface area contributed by atoms with E-state index in [2.05, 4.69) is 36.9 Å². The summed E-state index contributed by atoms with van der Waals surface area (Å²) >= 11 is 0. The third kappa shape index (κ3) is 4.84. The van der Waals surface area contributed by atoms with Gasteiger partial charge in [0.15, 0.2) is 0 Å². The van der Waals surface area contributed by atoms with Gasteiger partial charge in [-0.2, -0.15) is 0 Å². The van der Waals surface area contributed by atoms with Crippen LogP contribution in [0.15, 0.2) is 18.2 Å². The van der Waals surface area contributed by atoms with Crippen LogP contribution in [0.2, 0.25) is 0 Å². The van der Waals surface area contributed by atoms with Gasteiger partial charge in [-0.15, -0.1) is 0 Å². The zero-order valence-corrected chi connectivity index (χ0v) is 12.9. The molecule has 1 N–H and O–H groups in total. The van der Waals surface area contributed by atoms with Crippen LogP contribution < -0.4 is 4.74 Å². The maximum atomic E-state index is 9.29. The monoisotopic (exact) mass is 265 g/mol. The molecule has 0 radical (unpaired) electrons. The fourth-order valence-corrected chi connectivity index (χ4v) is 1.77. The lowest BCUT2D eigenvalue weighted by Crippen LogP contribution is -2.44. The Kier molecular flexibility index (Phi) is 5.83. The molecule has 108 valence electrons. The Morgan fingerprint density at radius 2 is 1.95 bits per heavy atom. The molecular weight excluding hydrogens is 238 g/mol. The van der Waals surface area contributed by atoms with Gasteiger partial charge in [-0.1, -0.05) is 12.1 Å². The van der Waals surface area contributed by atoms with Crippen molar-refractivity contribution in [3.8, 4) is 5.75 Å². The molecule has 0 heterocycles. The number of hydrogen-bond donors (Lipinski definition) is 1. The summed E-state index contributed by atoms with van der Waals surface area (Å²) < 4.78 is 5.83. The van der Waals surface area contributed by atoms with Crippen molar-refractivity contribution in [2.45, 2.75) is 39.7 Å².